The van der Waals surface area contributed by atoms with Gasteiger partial charge in [-0.15, -0.1) is 0 Å². The van der Waals surface area contributed by atoms with Crippen LogP contribution in [-0.2, 0) is 0 Å². The minimum absolute atomic E-state index is 0.0364. The molecule has 8 aromatic carbocycles. The molecule has 0 radical (unpaired) electrons. The Kier molecular flexibility index (Phi) is 3.32. The standard InChI is InChI=1S/C44H26O2/c1-2-12-27(13-3-1)28-14-10-15-29(26-28)40-30-16-4-6-18-32(30)41(33-19-7-5-17-31(33)40)35-21-11-23-37-43(35)44-39(46-37)25-24-38-42(44)34-20-8-9-22-36(34)45-38/h1-26H/i8D,9D,10D,11D,14D,15D,20D,21D,22D,23D,24D,25D,26D. The van der Waals surface area contributed by atoms with Gasteiger partial charge in [0, 0.05) is 21.5 Å². The summed E-state index contributed by atoms with van der Waals surface area (Å²) >= 11 is 0. The lowest BCUT2D eigenvalue weighted by Gasteiger charge is -2.18. The first-order chi connectivity index (χ1) is 28.3. The third-order valence-electron chi connectivity index (χ3n) is 8.51. The van der Waals surface area contributed by atoms with Crippen molar-refractivity contribution in [3.8, 4) is 33.4 Å². The van der Waals surface area contributed by atoms with Gasteiger partial charge in [0.15, 0.2) is 0 Å². The minimum Gasteiger partial charge on any atom is -0.456 e. The average Bonchev–Trinajstić information content (AvgIpc) is 3.84. The zero-order valence-electron chi connectivity index (χ0n) is 36.8. The molecule has 0 saturated carbocycles. The second kappa shape index (κ2) is 9.69. The van der Waals surface area contributed by atoms with Gasteiger partial charge < -0.3 is 8.83 Å². The minimum atomic E-state index is -0.552. The van der Waals surface area contributed by atoms with Crippen molar-refractivity contribution in [3.05, 3.63) is 157 Å². The molecule has 2 heteroatoms. The SMILES string of the molecule is [2H]c1c([2H])c(-c2ccccc2)c([2H])c(-c2c3ccccc3c(-c3c([2H])c([2H])c([2H])c4oc5c([2H])c([2H])c6oc7c([2H])c([2H])c([2H])c([2H])c7c6c5c34)c3ccccc23)c1[2H]. The van der Waals surface area contributed by atoms with E-state index in [4.69, 9.17) is 22.5 Å². The second-order valence-electron chi connectivity index (χ2n) is 11.0. The third-order valence-corrected chi connectivity index (χ3v) is 8.51. The van der Waals surface area contributed by atoms with E-state index in [0.29, 0.717) is 38.2 Å². The summed E-state index contributed by atoms with van der Waals surface area (Å²) in [5.41, 5.74) is 0.994. The quantitative estimate of drug-likeness (QED) is 0.189. The van der Waals surface area contributed by atoms with Crippen molar-refractivity contribution < 1.29 is 26.7 Å². The maximum atomic E-state index is 9.57. The lowest BCUT2D eigenvalue weighted by Crippen LogP contribution is -1.91. The Balaban J connectivity index is 1.45. The number of hydrogen-bond donors (Lipinski definition) is 0. The zero-order valence-corrected chi connectivity index (χ0v) is 23.8. The van der Waals surface area contributed by atoms with Crippen LogP contribution in [0.3, 0.4) is 0 Å². The van der Waals surface area contributed by atoms with E-state index in [1.54, 1.807) is 72.8 Å². The van der Waals surface area contributed by atoms with E-state index in [0.717, 1.165) is 0 Å². The Labute approximate surface area is 283 Å². The highest BCUT2D eigenvalue weighted by molar-refractivity contribution is 6.31. The van der Waals surface area contributed by atoms with Crippen LogP contribution in [0.2, 0.25) is 0 Å². The lowest BCUT2D eigenvalue weighted by molar-refractivity contribution is 0.663. The van der Waals surface area contributed by atoms with E-state index in [-0.39, 0.29) is 90.8 Å². The Morgan fingerprint density at radius 3 is 1.70 bits per heavy atom. The van der Waals surface area contributed by atoms with Crippen LogP contribution in [-0.4, -0.2) is 0 Å². The molecule has 2 heterocycles. The summed E-state index contributed by atoms with van der Waals surface area (Å²) in [5.74, 6) is 0. The van der Waals surface area contributed by atoms with Gasteiger partial charge in [-0.1, -0.05) is 127 Å². The van der Waals surface area contributed by atoms with Gasteiger partial charge in [0.2, 0.25) is 0 Å². The van der Waals surface area contributed by atoms with Gasteiger partial charge >= 0.3 is 0 Å². The van der Waals surface area contributed by atoms with E-state index >= 15 is 0 Å². The molecule has 0 spiro atoms. The van der Waals surface area contributed by atoms with Crippen molar-refractivity contribution in [2.24, 2.45) is 0 Å². The van der Waals surface area contributed by atoms with Gasteiger partial charge in [0.05, 0.1) is 17.8 Å². The maximum absolute atomic E-state index is 9.57. The average molecular weight is 600 g/mol. The van der Waals surface area contributed by atoms with Crippen LogP contribution in [0.15, 0.2) is 166 Å². The summed E-state index contributed by atoms with van der Waals surface area (Å²) in [5, 5.41) is 2.18. The highest BCUT2D eigenvalue weighted by atomic mass is 16.3. The molecule has 0 N–H and O–H groups in total. The number of fused-ring (bicyclic) bond motifs is 9. The summed E-state index contributed by atoms with van der Waals surface area (Å²) in [6.45, 7) is 0. The van der Waals surface area contributed by atoms with Gasteiger partial charge in [0.25, 0.3) is 0 Å². The topological polar surface area (TPSA) is 26.3 Å². The molecule has 10 aromatic rings. The zero-order chi connectivity index (χ0) is 41.5. The predicted molar refractivity (Wildman–Crippen MR) is 192 cm³/mol. The molecule has 0 saturated heterocycles. The van der Waals surface area contributed by atoms with E-state index < -0.39 is 48.3 Å². The largest absolute Gasteiger partial charge is 0.456 e. The lowest BCUT2D eigenvalue weighted by atomic mass is 9.84. The highest BCUT2D eigenvalue weighted by Crippen LogP contribution is 2.49. The van der Waals surface area contributed by atoms with Crippen LogP contribution in [0.25, 0.3) is 98.8 Å². The van der Waals surface area contributed by atoms with Gasteiger partial charge in [-0.05, 0) is 85.1 Å². The van der Waals surface area contributed by atoms with Crippen molar-refractivity contribution in [2.75, 3.05) is 0 Å². The van der Waals surface area contributed by atoms with Gasteiger partial charge in [0.1, 0.15) is 22.3 Å². The molecule has 0 aliphatic rings. The molecular formula is C44H26O2. The molecule has 2 nitrogen and oxygen atoms in total. The van der Waals surface area contributed by atoms with E-state index in [1.165, 1.54) is 0 Å². The van der Waals surface area contributed by atoms with Crippen molar-refractivity contribution in [1.29, 1.82) is 0 Å². The fraction of sp³-hybridized carbons (Fsp3) is 0. The van der Waals surface area contributed by atoms with Gasteiger partial charge in [-0.2, -0.15) is 0 Å². The Hall–Kier alpha value is -6.12. The van der Waals surface area contributed by atoms with Crippen LogP contribution in [0.4, 0.5) is 0 Å². The normalized spacial score (nSPS) is 15.9. The molecule has 10 rings (SSSR count). The van der Waals surface area contributed by atoms with E-state index in [2.05, 4.69) is 0 Å². The Bertz CT molecular complexity index is 3480. The number of rotatable bonds is 3. The summed E-state index contributed by atoms with van der Waals surface area (Å²) < 4.78 is 129. The van der Waals surface area contributed by atoms with Crippen LogP contribution in [0.1, 0.15) is 17.8 Å². The Morgan fingerprint density at radius 1 is 0.370 bits per heavy atom. The fourth-order valence-corrected chi connectivity index (χ4v) is 6.63. The molecule has 0 aliphatic heterocycles. The molecular weight excluding hydrogens is 560 g/mol. The summed E-state index contributed by atoms with van der Waals surface area (Å²) in [7, 11) is 0. The molecule has 0 amide bonds. The third kappa shape index (κ3) is 3.59. The van der Waals surface area contributed by atoms with E-state index in [9.17, 15) is 4.11 Å². The summed E-state index contributed by atoms with van der Waals surface area (Å²) in [4.78, 5) is 0. The molecule has 0 unspecified atom stereocenters. The predicted octanol–water partition coefficient (Wildman–Crippen LogP) is 12.8. The first-order valence-electron chi connectivity index (χ1n) is 21.1. The molecule has 46 heavy (non-hydrogen) atoms. The van der Waals surface area contributed by atoms with Crippen LogP contribution < -0.4 is 0 Å². The van der Waals surface area contributed by atoms with E-state index in [1.807, 2.05) is 6.07 Å². The van der Waals surface area contributed by atoms with Crippen LogP contribution in [0.5, 0.6) is 0 Å². The Morgan fingerprint density at radius 2 is 0.935 bits per heavy atom. The van der Waals surface area contributed by atoms with Crippen molar-refractivity contribution in [3.63, 3.8) is 0 Å². The summed E-state index contributed by atoms with van der Waals surface area (Å²) in [6, 6.07) is 17.8. The molecule has 214 valence electrons. The van der Waals surface area contributed by atoms with Crippen LogP contribution in [0, 0.1) is 0 Å². The molecule has 0 atom stereocenters. The fourth-order valence-electron chi connectivity index (χ4n) is 6.63. The van der Waals surface area contributed by atoms with Crippen molar-refractivity contribution >= 4 is 65.4 Å². The molecule has 2 aromatic heterocycles. The summed E-state index contributed by atoms with van der Waals surface area (Å²) in [6.07, 6.45) is 0. The number of furan rings is 2. The molecule has 0 bridgehead atoms. The number of para-hydroxylation sites is 1. The first kappa shape index (κ1) is 15.7. The first-order valence-corrected chi connectivity index (χ1v) is 14.6. The van der Waals surface area contributed by atoms with Gasteiger partial charge in [-0.25, -0.2) is 0 Å². The molecule has 0 fully saturated rings. The van der Waals surface area contributed by atoms with Crippen molar-refractivity contribution in [1.82, 2.24) is 0 Å². The monoisotopic (exact) mass is 599 g/mol. The number of hydrogen-bond acceptors (Lipinski definition) is 2. The molecule has 0 aliphatic carbocycles. The number of benzene rings is 8. The highest BCUT2D eigenvalue weighted by Gasteiger charge is 2.22. The van der Waals surface area contributed by atoms with Crippen molar-refractivity contribution in [2.45, 2.75) is 0 Å². The van der Waals surface area contributed by atoms with Crippen LogP contribution >= 0.6 is 0 Å². The maximum Gasteiger partial charge on any atom is 0.136 e. The van der Waals surface area contributed by atoms with Gasteiger partial charge in [-0.3, -0.25) is 0 Å². The smallest absolute Gasteiger partial charge is 0.136 e. The second-order valence-corrected chi connectivity index (χ2v) is 11.0.